The first-order valence-electron chi connectivity index (χ1n) is 6.29. The Balaban J connectivity index is 3.26. The van der Waals surface area contributed by atoms with Crippen LogP contribution >= 0.6 is 15.9 Å². The smallest absolute Gasteiger partial charge is 0.335 e. The van der Waals surface area contributed by atoms with E-state index in [1.54, 1.807) is 13.8 Å². The van der Waals surface area contributed by atoms with Gasteiger partial charge in [-0.1, -0.05) is 6.92 Å². The molecule has 118 valence electrons. The number of hydrogen-bond acceptors (Lipinski definition) is 4. The zero-order valence-corrected chi connectivity index (χ0v) is 14.4. The fourth-order valence-corrected chi connectivity index (χ4v) is 4.68. The van der Waals surface area contributed by atoms with Crippen LogP contribution in [-0.2, 0) is 14.8 Å². The molecule has 0 saturated heterocycles. The molecule has 0 spiro atoms. The molecule has 1 atom stereocenters. The van der Waals surface area contributed by atoms with Crippen molar-refractivity contribution >= 4 is 31.9 Å². The molecule has 0 aliphatic heterocycles. The number of benzene rings is 1. The molecule has 0 aliphatic carbocycles. The standard InChI is InChI=1S/C13H18BrNO5S/c1-4-15(9(2)8-20-3)21(18,19)12-6-5-10(13(16)17)7-11(12)14/h5-7,9H,4,8H2,1-3H3,(H,16,17). The summed E-state index contributed by atoms with van der Waals surface area (Å²) in [6.07, 6.45) is 0. The van der Waals surface area contributed by atoms with Crippen LogP contribution < -0.4 is 0 Å². The second kappa shape index (κ2) is 7.35. The van der Waals surface area contributed by atoms with Gasteiger partial charge in [-0.3, -0.25) is 0 Å². The zero-order valence-electron chi connectivity index (χ0n) is 12.0. The van der Waals surface area contributed by atoms with Gasteiger partial charge in [0.2, 0.25) is 10.0 Å². The van der Waals surface area contributed by atoms with Crippen molar-refractivity contribution in [1.29, 1.82) is 0 Å². The van der Waals surface area contributed by atoms with Crippen molar-refractivity contribution in [1.82, 2.24) is 4.31 Å². The molecule has 1 aromatic carbocycles. The zero-order chi connectivity index (χ0) is 16.2. The highest BCUT2D eigenvalue weighted by Gasteiger charge is 2.29. The maximum Gasteiger partial charge on any atom is 0.335 e. The van der Waals surface area contributed by atoms with E-state index in [9.17, 15) is 13.2 Å². The van der Waals surface area contributed by atoms with Crippen molar-refractivity contribution in [3.05, 3.63) is 28.2 Å². The van der Waals surface area contributed by atoms with Gasteiger partial charge in [-0.05, 0) is 41.1 Å². The number of sulfonamides is 1. The van der Waals surface area contributed by atoms with Crippen LogP contribution in [0.2, 0.25) is 0 Å². The van der Waals surface area contributed by atoms with Gasteiger partial charge in [0.15, 0.2) is 0 Å². The molecule has 0 heterocycles. The Morgan fingerprint density at radius 3 is 2.52 bits per heavy atom. The van der Waals surface area contributed by atoms with E-state index < -0.39 is 16.0 Å². The lowest BCUT2D eigenvalue weighted by atomic mass is 10.2. The van der Waals surface area contributed by atoms with Crippen LogP contribution in [0.4, 0.5) is 0 Å². The van der Waals surface area contributed by atoms with Crippen LogP contribution in [0, 0.1) is 0 Å². The third-order valence-corrected chi connectivity index (χ3v) is 6.04. The fraction of sp³-hybridized carbons (Fsp3) is 0.462. The maximum atomic E-state index is 12.7. The first kappa shape index (κ1) is 18.1. The molecule has 0 aromatic heterocycles. The van der Waals surface area contributed by atoms with Crippen LogP contribution in [0.25, 0.3) is 0 Å². The lowest BCUT2D eigenvalue weighted by Gasteiger charge is -2.27. The summed E-state index contributed by atoms with van der Waals surface area (Å²) in [5.41, 5.74) is 0.0220. The Hall–Kier alpha value is -0.960. The van der Waals surface area contributed by atoms with Gasteiger partial charge in [0.25, 0.3) is 0 Å². The van der Waals surface area contributed by atoms with Gasteiger partial charge in [-0.2, -0.15) is 4.31 Å². The summed E-state index contributed by atoms with van der Waals surface area (Å²) < 4.78 is 31.9. The Kier molecular flexibility index (Phi) is 6.33. The monoisotopic (exact) mass is 379 g/mol. The predicted octanol–water partition coefficient (Wildman–Crippen LogP) is 2.19. The minimum Gasteiger partial charge on any atom is -0.478 e. The lowest BCUT2D eigenvalue weighted by molar-refractivity contribution is 0.0696. The highest BCUT2D eigenvalue weighted by atomic mass is 79.9. The molecule has 1 rings (SSSR count). The van der Waals surface area contributed by atoms with E-state index in [0.29, 0.717) is 6.54 Å². The van der Waals surface area contributed by atoms with Crippen LogP contribution in [0.15, 0.2) is 27.6 Å². The number of carboxylic acid groups (broad SMARTS) is 1. The van der Waals surface area contributed by atoms with Crippen LogP contribution in [0.1, 0.15) is 24.2 Å². The topological polar surface area (TPSA) is 83.9 Å². The summed E-state index contributed by atoms with van der Waals surface area (Å²) in [5.74, 6) is -1.11. The largest absolute Gasteiger partial charge is 0.478 e. The second-order valence-corrected chi connectivity index (χ2v) is 7.18. The Morgan fingerprint density at radius 2 is 2.10 bits per heavy atom. The van der Waals surface area contributed by atoms with Crippen molar-refractivity contribution in [3.8, 4) is 0 Å². The summed E-state index contributed by atoms with van der Waals surface area (Å²) >= 11 is 3.14. The highest BCUT2D eigenvalue weighted by molar-refractivity contribution is 9.10. The first-order valence-corrected chi connectivity index (χ1v) is 8.52. The highest BCUT2D eigenvalue weighted by Crippen LogP contribution is 2.27. The van der Waals surface area contributed by atoms with E-state index in [2.05, 4.69) is 15.9 Å². The summed E-state index contributed by atoms with van der Waals surface area (Å²) in [5, 5.41) is 8.92. The number of methoxy groups -OCH3 is 1. The van der Waals surface area contributed by atoms with Crippen molar-refractivity contribution in [2.45, 2.75) is 24.8 Å². The van der Waals surface area contributed by atoms with Crippen molar-refractivity contribution in [2.24, 2.45) is 0 Å². The summed E-state index contributed by atoms with van der Waals surface area (Å²) in [6.45, 7) is 4.06. The van der Waals surface area contributed by atoms with Gasteiger partial charge in [0, 0.05) is 24.2 Å². The number of likely N-dealkylation sites (N-methyl/N-ethyl adjacent to an activating group) is 1. The van der Waals surface area contributed by atoms with Crippen LogP contribution in [-0.4, -0.2) is 50.1 Å². The molecule has 8 heteroatoms. The van der Waals surface area contributed by atoms with Crippen LogP contribution in [0.5, 0.6) is 0 Å². The number of aromatic carboxylic acids is 1. The van der Waals surface area contributed by atoms with Crippen molar-refractivity contribution < 1.29 is 23.1 Å². The summed E-state index contributed by atoms with van der Waals surface area (Å²) in [4.78, 5) is 10.9. The number of carbonyl (C=O) groups is 1. The Bertz CT molecular complexity index is 617. The predicted molar refractivity (Wildman–Crippen MR) is 82.0 cm³/mol. The fourth-order valence-electron chi connectivity index (χ4n) is 2.01. The van der Waals surface area contributed by atoms with Gasteiger partial charge in [0.1, 0.15) is 0 Å². The molecule has 1 aromatic rings. The number of carboxylic acids is 1. The minimum absolute atomic E-state index is 0.0220. The molecule has 0 fully saturated rings. The Morgan fingerprint density at radius 1 is 1.48 bits per heavy atom. The Labute approximate surface area is 132 Å². The van der Waals surface area contributed by atoms with Gasteiger partial charge in [-0.25, -0.2) is 13.2 Å². The molecule has 0 bridgehead atoms. The van der Waals surface area contributed by atoms with E-state index in [4.69, 9.17) is 9.84 Å². The van der Waals surface area contributed by atoms with E-state index in [1.807, 2.05) is 0 Å². The average molecular weight is 380 g/mol. The molecule has 1 N–H and O–H groups in total. The molecule has 1 unspecified atom stereocenters. The van der Waals surface area contributed by atoms with E-state index in [0.717, 1.165) is 0 Å². The van der Waals surface area contributed by atoms with E-state index in [1.165, 1.54) is 29.6 Å². The van der Waals surface area contributed by atoms with Gasteiger partial charge in [-0.15, -0.1) is 0 Å². The SMILES string of the molecule is CCN(C(C)COC)S(=O)(=O)c1ccc(C(=O)O)cc1Br. The molecular weight excluding hydrogens is 362 g/mol. The average Bonchev–Trinajstić information content (AvgIpc) is 2.38. The van der Waals surface area contributed by atoms with Gasteiger partial charge in [0.05, 0.1) is 17.1 Å². The molecule has 0 aliphatic rings. The van der Waals surface area contributed by atoms with Crippen molar-refractivity contribution in [2.75, 3.05) is 20.3 Å². The lowest BCUT2D eigenvalue weighted by Crippen LogP contribution is -2.41. The van der Waals surface area contributed by atoms with Crippen molar-refractivity contribution in [3.63, 3.8) is 0 Å². The number of halogens is 1. The van der Waals surface area contributed by atoms with Gasteiger partial charge < -0.3 is 9.84 Å². The van der Waals surface area contributed by atoms with E-state index in [-0.39, 0.29) is 27.6 Å². The number of ether oxygens (including phenoxy) is 1. The van der Waals surface area contributed by atoms with Gasteiger partial charge >= 0.3 is 5.97 Å². The molecule has 0 saturated carbocycles. The summed E-state index contributed by atoms with van der Waals surface area (Å²) in [7, 11) is -2.22. The quantitative estimate of drug-likeness (QED) is 0.784. The first-order chi connectivity index (χ1) is 9.75. The number of nitrogens with zero attached hydrogens (tertiary/aromatic N) is 1. The summed E-state index contributed by atoms with van der Waals surface area (Å²) in [6, 6.07) is 3.53. The third kappa shape index (κ3) is 4.03. The molecule has 0 radical (unpaired) electrons. The third-order valence-electron chi connectivity index (χ3n) is 2.98. The van der Waals surface area contributed by atoms with Crippen LogP contribution in [0.3, 0.4) is 0 Å². The van der Waals surface area contributed by atoms with E-state index >= 15 is 0 Å². The molecule has 6 nitrogen and oxygen atoms in total. The molecular formula is C13H18BrNO5S. The maximum absolute atomic E-state index is 12.7. The number of hydrogen-bond donors (Lipinski definition) is 1. The second-order valence-electron chi connectivity index (χ2n) is 4.46. The normalized spacial score (nSPS) is 13.4. The molecule has 0 amide bonds. The number of rotatable bonds is 7. The molecule has 21 heavy (non-hydrogen) atoms. The minimum atomic E-state index is -3.73.